The van der Waals surface area contributed by atoms with Gasteiger partial charge in [0.2, 0.25) is 0 Å². The topological polar surface area (TPSA) is 66.4 Å². The number of aromatic carboxylic acids is 1. The average Bonchev–Trinajstić information content (AvgIpc) is 3.08. The Morgan fingerprint density at radius 2 is 1.48 bits per heavy atom. The van der Waals surface area contributed by atoms with E-state index in [0.29, 0.717) is 11.5 Å². The van der Waals surface area contributed by atoms with E-state index >= 15 is 0 Å². The fourth-order valence-electron chi connectivity index (χ4n) is 3.92. The first kappa shape index (κ1) is 16.0. The van der Waals surface area contributed by atoms with Crippen molar-refractivity contribution in [2.24, 2.45) is 0 Å². The lowest BCUT2D eigenvalue weighted by molar-refractivity contribution is 0.0696. The fraction of sp³-hybridized carbons (Fsp3) is 0.579. The highest BCUT2D eigenvalue weighted by Crippen LogP contribution is 2.33. The number of benzene rings is 1. The smallest absolute Gasteiger partial charge is 0.335 e. The van der Waals surface area contributed by atoms with E-state index in [2.05, 4.69) is 5.32 Å². The summed E-state index contributed by atoms with van der Waals surface area (Å²) in [7, 11) is 0. The molecule has 3 rings (SSSR count). The van der Waals surface area contributed by atoms with E-state index < -0.39 is 5.97 Å². The summed E-state index contributed by atoms with van der Waals surface area (Å²) in [5.74, 6) is -0.698. The van der Waals surface area contributed by atoms with Crippen molar-refractivity contribution in [3.05, 3.63) is 34.9 Å². The molecular weight excluding hydrogens is 290 g/mol. The van der Waals surface area contributed by atoms with Crippen molar-refractivity contribution in [3.63, 3.8) is 0 Å². The predicted molar refractivity (Wildman–Crippen MR) is 88.9 cm³/mol. The predicted octanol–water partition coefficient (Wildman–Crippen LogP) is 4.10. The maximum absolute atomic E-state index is 12.5. The van der Waals surface area contributed by atoms with Gasteiger partial charge in [0.25, 0.3) is 5.91 Å². The van der Waals surface area contributed by atoms with E-state index in [4.69, 9.17) is 0 Å². The second-order valence-corrected chi connectivity index (χ2v) is 6.94. The lowest BCUT2D eigenvalue weighted by Gasteiger charge is -2.23. The maximum Gasteiger partial charge on any atom is 0.335 e. The molecule has 0 aliphatic heterocycles. The molecule has 124 valence electrons. The first-order valence-electron chi connectivity index (χ1n) is 8.82. The summed E-state index contributed by atoms with van der Waals surface area (Å²) < 4.78 is 0. The highest BCUT2D eigenvalue weighted by Gasteiger charge is 2.22. The van der Waals surface area contributed by atoms with Gasteiger partial charge in [0.15, 0.2) is 0 Å². The van der Waals surface area contributed by atoms with Crippen molar-refractivity contribution >= 4 is 11.9 Å². The molecule has 2 fully saturated rings. The third-order valence-electron chi connectivity index (χ3n) is 5.23. The van der Waals surface area contributed by atoms with Crippen LogP contribution in [-0.4, -0.2) is 23.0 Å². The molecule has 2 N–H and O–H groups in total. The van der Waals surface area contributed by atoms with Crippen molar-refractivity contribution in [1.82, 2.24) is 5.32 Å². The van der Waals surface area contributed by atoms with Gasteiger partial charge in [-0.05, 0) is 55.4 Å². The second kappa shape index (κ2) is 7.16. The highest BCUT2D eigenvalue weighted by molar-refractivity contribution is 5.98. The molecule has 2 saturated carbocycles. The van der Waals surface area contributed by atoms with E-state index in [1.54, 1.807) is 6.07 Å². The third-order valence-corrected chi connectivity index (χ3v) is 5.23. The number of carbonyl (C=O) groups is 2. The van der Waals surface area contributed by atoms with Crippen LogP contribution in [0.1, 0.15) is 90.0 Å². The highest BCUT2D eigenvalue weighted by atomic mass is 16.4. The molecule has 0 bridgehead atoms. The molecule has 0 radical (unpaired) electrons. The molecule has 0 unspecified atom stereocenters. The van der Waals surface area contributed by atoms with E-state index in [1.165, 1.54) is 25.3 Å². The van der Waals surface area contributed by atoms with Crippen LogP contribution in [0, 0.1) is 0 Å². The minimum Gasteiger partial charge on any atom is -0.478 e. The Morgan fingerprint density at radius 1 is 0.870 bits per heavy atom. The number of nitrogens with one attached hydrogen (secondary N) is 1. The Hall–Kier alpha value is -1.84. The van der Waals surface area contributed by atoms with Crippen LogP contribution in [0.15, 0.2) is 18.2 Å². The van der Waals surface area contributed by atoms with Gasteiger partial charge in [-0.3, -0.25) is 4.79 Å². The monoisotopic (exact) mass is 315 g/mol. The summed E-state index contributed by atoms with van der Waals surface area (Å²) >= 11 is 0. The van der Waals surface area contributed by atoms with Gasteiger partial charge in [-0.2, -0.15) is 0 Å². The number of amides is 1. The molecule has 0 aromatic heterocycles. The number of hydrogen-bond donors (Lipinski definition) is 2. The standard InChI is InChI=1S/C19H25NO3/c21-18(20-17-8-4-5-9-17)15-10-14(11-16(12-15)19(22)23)13-6-2-1-3-7-13/h10-13,17H,1-9H2,(H,20,21)(H,22,23). The lowest BCUT2D eigenvalue weighted by Crippen LogP contribution is -2.32. The van der Waals surface area contributed by atoms with E-state index in [-0.39, 0.29) is 17.5 Å². The molecule has 2 aliphatic rings. The first-order chi connectivity index (χ1) is 11.1. The fourth-order valence-corrected chi connectivity index (χ4v) is 3.92. The molecular formula is C19H25NO3. The van der Waals surface area contributed by atoms with E-state index in [0.717, 1.165) is 44.1 Å². The maximum atomic E-state index is 12.5. The Bertz CT molecular complexity index is 584. The molecule has 4 heteroatoms. The molecule has 2 aliphatic carbocycles. The molecule has 1 amide bonds. The van der Waals surface area contributed by atoms with Gasteiger partial charge in [-0.1, -0.05) is 32.1 Å². The van der Waals surface area contributed by atoms with E-state index in [9.17, 15) is 14.7 Å². The number of hydrogen-bond acceptors (Lipinski definition) is 2. The summed E-state index contributed by atoms with van der Waals surface area (Å²) in [5, 5.41) is 12.4. The summed E-state index contributed by atoms with van der Waals surface area (Å²) in [5.41, 5.74) is 1.74. The molecule has 1 aromatic carbocycles. The molecule has 4 nitrogen and oxygen atoms in total. The van der Waals surface area contributed by atoms with Gasteiger partial charge in [0, 0.05) is 11.6 Å². The summed E-state index contributed by atoms with van der Waals surface area (Å²) in [4.78, 5) is 23.9. The van der Waals surface area contributed by atoms with Crippen molar-refractivity contribution < 1.29 is 14.7 Å². The van der Waals surface area contributed by atoms with Crippen LogP contribution in [0.25, 0.3) is 0 Å². The van der Waals surface area contributed by atoms with Gasteiger partial charge in [0.05, 0.1) is 5.56 Å². The molecule has 0 heterocycles. The first-order valence-corrected chi connectivity index (χ1v) is 8.82. The Labute approximate surface area is 137 Å². The van der Waals surface area contributed by atoms with Crippen LogP contribution in [0.2, 0.25) is 0 Å². The van der Waals surface area contributed by atoms with Crippen molar-refractivity contribution in [3.8, 4) is 0 Å². The molecule has 1 aromatic rings. The average molecular weight is 315 g/mol. The van der Waals surface area contributed by atoms with Crippen LogP contribution < -0.4 is 5.32 Å². The Morgan fingerprint density at radius 3 is 2.13 bits per heavy atom. The Balaban J connectivity index is 1.83. The van der Waals surface area contributed by atoms with Gasteiger partial charge in [-0.25, -0.2) is 4.79 Å². The molecule has 23 heavy (non-hydrogen) atoms. The number of carboxylic acids is 1. The van der Waals surface area contributed by atoms with Crippen molar-refractivity contribution in [2.45, 2.75) is 69.7 Å². The zero-order valence-electron chi connectivity index (χ0n) is 13.5. The molecule has 0 spiro atoms. The largest absolute Gasteiger partial charge is 0.478 e. The number of carbonyl (C=O) groups excluding carboxylic acids is 1. The van der Waals surface area contributed by atoms with Gasteiger partial charge < -0.3 is 10.4 Å². The SMILES string of the molecule is O=C(O)c1cc(C(=O)NC2CCCC2)cc(C2CCCCC2)c1. The summed E-state index contributed by atoms with van der Waals surface area (Å²) in [6.07, 6.45) is 10.2. The summed E-state index contributed by atoms with van der Waals surface area (Å²) in [6.45, 7) is 0. The zero-order chi connectivity index (χ0) is 16.2. The van der Waals surface area contributed by atoms with Gasteiger partial charge in [-0.15, -0.1) is 0 Å². The number of carboxylic acid groups (broad SMARTS) is 1. The van der Waals surface area contributed by atoms with Gasteiger partial charge in [0.1, 0.15) is 0 Å². The third kappa shape index (κ3) is 3.92. The van der Waals surface area contributed by atoms with E-state index in [1.807, 2.05) is 6.07 Å². The molecule has 0 saturated heterocycles. The lowest BCUT2D eigenvalue weighted by atomic mass is 9.83. The minimum absolute atomic E-state index is 0.128. The zero-order valence-corrected chi connectivity index (χ0v) is 13.5. The van der Waals surface area contributed by atoms with Crippen LogP contribution >= 0.6 is 0 Å². The van der Waals surface area contributed by atoms with Crippen molar-refractivity contribution in [1.29, 1.82) is 0 Å². The van der Waals surface area contributed by atoms with Crippen LogP contribution in [0.3, 0.4) is 0 Å². The normalized spacial score (nSPS) is 19.7. The van der Waals surface area contributed by atoms with Gasteiger partial charge >= 0.3 is 5.97 Å². The summed E-state index contributed by atoms with van der Waals surface area (Å²) in [6, 6.07) is 5.42. The van der Waals surface area contributed by atoms with Crippen LogP contribution in [0.5, 0.6) is 0 Å². The molecule has 0 atom stereocenters. The number of rotatable bonds is 4. The Kier molecular flexibility index (Phi) is 4.99. The van der Waals surface area contributed by atoms with Crippen molar-refractivity contribution in [2.75, 3.05) is 0 Å². The second-order valence-electron chi connectivity index (χ2n) is 6.94. The minimum atomic E-state index is -0.961. The van der Waals surface area contributed by atoms with Crippen LogP contribution in [-0.2, 0) is 0 Å². The van der Waals surface area contributed by atoms with Crippen LogP contribution in [0.4, 0.5) is 0 Å². The quantitative estimate of drug-likeness (QED) is 0.879.